The third-order valence-corrected chi connectivity index (χ3v) is 5.35. The number of unbranched alkanes of at least 4 members (excludes halogenated alkanes) is 1. The summed E-state index contributed by atoms with van der Waals surface area (Å²) < 4.78 is 13.4. The fraction of sp³-hybridized carbons (Fsp3) is 0.417. The molecule has 0 bridgehead atoms. The van der Waals surface area contributed by atoms with Crippen molar-refractivity contribution in [1.82, 2.24) is 14.5 Å². The number of imidazole rings is 1. The van der Waals surface area contributed by atoms with Gasteiger partial charge < -0.3 is 14.0 Å². The lowest BCUT2D eigenvalue weighted by atomic mass is 10.2. The van der Waals surface area contributed by atoms with E-state index in [1.54, 1.807) is 0 Å². The van der Waals surface area contributed by atoms with Crippen LogP contribution in [0.15, 0.2) is 53.5 Å². The molecule has 2 heterocycles. The minimum Gasteiger partial charge on any atom is -0.494 e. The maximum absolute atomic E-state index is 5.74. The predicted octanol–water partition coefficient (Wildman–Crippen LogP) is 4.30. The molecule has 1 fully saturated rings. The zero-order valence-electron chi connectivity index (χ0n) is 17.7. The second-order valence-corrected chi connectivity index (χ2v) is 7.54. The molecule has 0 spiro atoms. The zero-order chi connectivity index (χ0) is 20.6. The molecule has 4 rings (SSSR count). The van der Waals surface area contributed by atoms with Gasteiger partial charge in [0, 0.05) is 32.4 Å². The lowest BCUT2D eigenvalue weighted by Crippen LogP contribution is -2.38. The van der Waals surface area contributed by atoms with Gasteiger partial charge in [0.1, 0.15) is 5.75 Å². The topological polar surface area (TPSA) is 51.9 Å². The number of aromatic nitrogens is 2. The van der Waals surface area contributed by atoms with Crippen LogP contribution in [0, 0.1) is 0 Å². The summed E-state index contributed by atoms with van der Waals surface area (Å²) in [5.41, 5.74) is 3.13. The monoisotopic (exact) mass is 406 g/mol. The molecular formula is C24H30N4O2. The van der Waals surface area contributed by atoms with Gasteiger partial charge in [0.2, 0.25) is 5.95 Å². The second-order valence-electron chi connectivity index (χ2n) is 7.54. The molecule has 6 nitrogen and oxygen atoms in total. The predicted molar refractivity (Wildman–Crippen MR) is 121 cm³/mol. The lowest BCUT2D eigenvalue weighted by molar-refractivity contribution is 0.0366. The van der Waals surface area contributed by atoms with Gasteiger partial charge >= 0.3 is 0 Å². The first-order valence-corrected chi connectivity index (χ1v) is 10.9. The van der Waals surface area contributed by atoms with Crippen LogP contribution < -0.4 is 4.74 Å². The van der Waals surface area contributed by atoms with E-state index in [0.29, 0.717) is 0 Å². The summed E-state index contributed by atoms with van der Waals surface area (Å²) in [4.78, 5) is 11.9. The second kappa shape index (κ2) is 10.4. The van der Waals surface area contributed by atoms with Crippen LogP contribution in [-0.2, 0) is 11.3 Å². The van der Waals surface area contributed by atoms with Crippen LogP contribution in [0.1, 0.15) is 25.3 Å². The molecule has 1 aromatic heterocycles. The van der Waals surface area contributed by atoms with Gasteiger partial charge in [-0.1, -0.05) is 25.5 Å². The van der Waals surface area contributed by atoms with Crippen molar-refractivity contribution >= 4 is 23.2 Å². The molecule has 3 aromatic rings. The standard InChI is InChI=1S/C24H30N4O2/c1-2-3-16-30-21-10-8-20(9-11-21)19-25-24-26-22-6-4-5-7-23(22)28(24)13-12-27-14-17-29-18-15-27/h4-11,19H,2-3,12-18H2,1H3/b25-19+. The molecule has 1 saturated heterocycles. The van der Waals surface area contributed by atoms with E-state index in [-0.39, 0.29) is 0 Å². The number of morpholine rings is 1. The van der Waals surface area contributed by atoms with Gasteiger partial charge in [-0.3, -0.25) is 4.90 Å². The largest absolute Gasteiger partial charge is 0.494 e. The quantitative estimate of drug-likeness (QED) is 0.393. The van der Waals surface area contributed by atoms with Crippen molar-refractivity contribution in [3.05, 3.63) is 54.1 Å². The lowest BCUT2D eigenvalue weighted by Gasteiger charge is -2.26. The molecule has 0 N–H and O–H groups in total. The summed E-state index contributed by atoms with van der Waals surface area (Å²) in [5, 5.41) is 0. The summed E-state index contributed by atoms with van der Waals surface area (Å²) in [5.74, 6) is 1.64. The number of hydrogen-bond acceptors (Lipinski definition) is 5. The van der Waals surface area contributed by atoms with E-state index in [9.17, 15) is 0 Å². The van der Waals surface area contributed by atoms with Crippen LogP contribution in [0.3, 0.4) is 0 Å². The molecule has 0 aliphatic carbocycles. The Balaban J connectivity index is 1.48. The SMILES string of the molecule is CCCCOc1ccc(/C=N/c2nc3ccccc3n2CCN2CCOCC2)cc1. The van der Waals surface area contributed by atoms with Crippen molar-refractivity contribution in [2.75, 3.05) is 39.5 Å². The Hall–Kier alpha value is -2.70. The highest BCUT2D eigenvalue weighted by molar-refractivity contribution is 5.83. The fourth-order valence-corrected chi connectivity index (χ4v) is 3.56. The first kappa shape index (κ1) is 20.6. The highest BCUT2D eigenvalue weighted by atomic mass is 16.5. The number of nitrogens with zero attached hydrogens (tertiary/aromatic N) is 4. The molecule has 0 saturated carbocycles. The Morgan fingerprint density at radius 3 is 2.67 bits per heavy atom. The number of hydrogen-bond donors (Lipinski definition) is 0. The van der Waals surface area contributed by atoms with E-state index in [1.165, 1.54) is 0 Å². The summed E-state index contributed by atoms with van der Waals surface area (Å²) in [6, 6.07) is 16.3. The average molecular weight is 407 g/mol. The molecule has 2 aromatic carbocycles. The van der Waals surface area contributed by atoms with Gasteiger partial charge in [0.15, 0.2) is 0 Å². The van der Waals surface area contributed by atoms with Crippen molar-refractivity contribution in [3.63, 3.8) is 0 Å². The van der Waals surface area contributed by atoms with Crippen molar-refractivity contribution in [2.24, 2.45) is 4.99 Å². The van der Waals surface area contributed by atoms with Crippen LogP contribution >= 0.6 is 0 Å². The molecular weight excluding hydrogens is 376 g/mol. The third kappa shape index (κ3) is 5.26. The van der Waals surface area contributed by atoms with E-state index in [2.05, 4.69) is 28.5 Å². The van der Waals surface area contributed by atoms with Gasteiger partial charge in [-0.25, -0.2) is 9.98 Å². The Kier molecular flexibility index (Phi) is 7.11. The van der Waals surface area contributed by atoms with Crippen LogP contribution in [0.5, 0.6) is 5.75 Å². The molecule has 1 aliphatic heterocycles. The van der Waals surface area contributed by atoms with Gasteiger partial charge in [-0.15, -0.1) is 0 Å². The van der Waals surface area contributed by atoms with Crippen LogP contribution in [0.25, 0.3) is 11.0 Å². The van der Waals surface area contributed by atoms with Gasteiger partial charge in [0.25, 0.3) is 0 Å². The molecule has 30 heavy (non-hydrogen) atoms. The molecule has 1 aliphatic rings. The number of para-hydroxylation sites is 2. The van der Waals surface area contributed by atoms with E-state index >= 15 is 0 Å². The summed E-state index contributed by atoms with van der Waals surface area (Å²) in [7, 11) is 0. The van der Waals surface area contributed by atoms with Crippen LogP contribution in [0.4, 0.5) is 5.95 Å². The highest BCUT2D eigenvalue weighted by Crippen LogP contribution is 2.22. The first-order valence-electron chi connectivity index (χ1n) is 10.9. The minimum atomic E-state index is 0.743. The number of benzene rings is 2. The van der Waals surface area contributed by atoms with Gasteiger partial charge in [0.05, 0.1) is 30.9 Å². The van der Waals surface area contributed by atoms with Crippen molar-refractivity contribution in [3.8, 4) is 5.75 Å². The normalized spacial score (nSPS) is 15.2. The van der Waals surface area contributed by atoms with Gasteiger partial charge in [-0.2, -0.15) is 0 Å². The third-order valence-electron chi connectivity index (χ3n) is 5.35. The molecule has 0 radical (unpaired) electrons. The summed E-state index contributed by atoms with van der Waals surface area (Å²) in [6.45, 7) is 8.35. The number of ether oxygens (including phenoxy) is 2. The molecule has 0 atom stereocenters. The molecule has 6 heteroatoms. The smallest absolute Gasteiger partial charge is 0.230 e. The molecule has 0 amide bonds. The fourth-order valence-electron chi connectivity index (χ4n) is 3.56. The van der Waals surface area contributed by atoms with Crippen LogP contribution in [-0.4, -0.2) is 60.1 Å². The number of rotatable bonds is 9. The van der Waals surface area contributed by atoms with E-state index in [1.807, 2.05) is 42.6 Å². The number of fused-ring (bicyclic) bond motifs is 1. The van der Waals surface area contributed by atoms with Crippen molar-refractivity contribution < 1.29 is 9.47 Å². The number of aliphatic imine (C=N–C) groups is 1. The molecule has 158 valence electrons. The van der Waals surface area contributed by atoms with Gasteiger partial charge in [-0.05, 0) is 48.4 Å². The Morgan fingerprint density at radius 1 is 1.07 bits per heavy atom. The average Bonchev–Trinajstić information content (AvgIpc) is 3.15. The Labute approximate surface area is 178 Å². The first-order chi connectivity index (χ1) is 14.8. The summed E-state index contributed by atoms with van der Waals surface area (Å²) >= 11 is 0. The Bertz CT molecular complexity index is 959. The van der Waals surface area contributed by atoms with E-state index in [0.717, 1.165) is 87.1 Å². The summed E-state index contributed by atoms with van der Waals surface area (Å²) in [6.07, 6.45) is 4.09. The Morgan fingerprint density at radius 2 is 1.87 bits per heavy atom. The van der Waals surface area contributed by atoms with E-state index < -0.39 is 0 Å². The van der Waals surface area contributed by atoms with Crippen molar-refractivity contribution in [1.29, 1.82) is 0 Å². The molecule has 0 unspecified atom stereocenters. The highest BCUT2D eigenvalue weighted by Gasteiger charge is 2.13. The maximum atomic E-state index is 5.74. The van der Waals surface area contributed by atoms with Crippen molar-refractivity contribution in [2.45, 2.75) is 26.3 Å². The zero-order valence-corrected chi connectivity index (χ0v) is 17.7. The van der Waals surface area contributed by atoms with E-state index in [4.69, 9.17) is 19.5 Å². The maximum Gasteiger partial charge on any atom is 0.230 e. The minimum absolute atomic E-state index is 0.743. The van der Waals surface area contributed by atoms with Crippen LogP contribution in [0.2, 0.25) is 0 Å².